The second-order valence-electron chi connectivity index (χ2n) is 8.74. The number of nitrogens with one attached hydrogen (secondary N) is 1. The van der Waals surface area contributed by atoms with Crippen LogP contribution in [-0.2, 0) is 9.53 Å². The van der Waals surface area contributed by atoms with Crippen LogP contribution in [0.15, 0.2) is 36.4 Å². The van der Waals surface area contributed by atoms with E-state index >= 15 is 0 Å². The molecule has 29 heavy (non-hydrogen) atoms. The molecule has 1 aliphatic carbocycles. The molecule has 1 aromatic carbocycles. The van der Waals surface area contributed by atoms with Crippen LogP contribution in [0.25, 0.3) is 5.57 Å². The van der Waals surface area contributed by atoms with Crippen LogP contribution in [0.4, 0.5) is 0 Å². The molecule has 2 rings (SSSR count). The Morgan fingerprint density at radius 2 is 1.83 bits per heavy atom. The van der Waals surface area contributed by atoms with Crippen molar-refractivity contribution in [1.82, 2.24) is 5.32 Å². The summed E-state index contributed by atoms with van der Waals surface area (Å²) in [5.74, 6) is 0.494. The molecule has 1 aromatic rings. The molecule has 1 atom stereocenters. The van der Waals surface area contributed by atoms with Gasteiger partial charge in [0, 0.05) is 19.2 Å². The third-order valence-electron chi connectivity index (χ3n) is 6.53. The monoisotopic (exact) mass is 400 g/mol. The van der Waals surface area contributed by atoms with E-state index in [2.05, 4.69) is 56.4 Å². The van der Waals surface area contributed by atoms with Crippen LogP contribution in [0.1, 0.15) is 71.3 Å². The minimum atomic E-state index is -0.395. The second-order valence-corrected chi connectivity index (χ2v) is 8.74. The summed E-state index contributed by atoms with van der Waals surface area (Å²) in [4.78, 5) is 13.5. The van der Waals surface area contributed by atoms with Gasteiger partial charge in [0.15, 0.2) is 0 Å². The Hall–Kier alpha value is -1.65. The number of carbonyl (C=O) groups is 1. The first-order chi connectivity index (χ1) is 13.9. The molecule has 4 nitrogen and oxygen atoms in total. The standard InChI is InChI=1S/C25H40N2O2/c1-5-25(6-2,24(28)27-23-14-12-22(26)13-15-23)17-21(16-19(3)18-29-4)20-10-8-7-9-11-20/h7-11,16,19,22-23H,5-6,12-15,17-18,26H2,1-4H3,(H,27,28)/b21-16-. The van der Waals surface area contributed by atoms with Gasteiger partial charge in [0.1, 0.15) is 0 Å². The number of methoxy groups -OCH3 is 1. The van der Waals surface area contributed by atoms with Crippen molar-refractivity contribution in [3.63, 3.8) is 0 Å². The van der Waals surface area contributed by atoms with Crippen LogP contribution in [0.5, 0.6) is 0 Å². The number of allylic oxidation sites excluding steroid dienone is 1. The third-order valence-corrected chi connectivity index (χ3v) is 6.53. The predicted octanol–water partition coefficient (Wildman–Crippen LogP) is 4.94. The highest BCUT2D eigenvalue weighted by Gasteiger charge is 2.37. The summed E-state index contributed by atoms with van der Waals surface area (Å²) in [6.07, 6.45) is 8.65. The highest BCUT2D eigenvalue weighted by Crippen LogP contribution is 2.39. The zero-order valence-corrected chi connectivity index (χ0v) is 18.7. The molecule has 1 amide bonds. The van der Waals surface area contributed by atoms with E-state index in [0.717, 1.165) is 44.9 Å². The first-order valence-corrected chi connectivity index (χ1v) is 11.3. The average molecular weight is 401 g/mol. The van der Waals surface area contributed by atoms with E-state index in [1.165, 1.54) is 11.1 Å². The van der Waals surface area contributed by atoms with Crippen LogP contribution in [0.2, 0.25) is 0 Å². The van der Waals surface area contributed by atoms with Gasteiger partial charge in [-0.05, 0) is 62.0 Å². The van der Waals surface area contributed by atoms with Gasteiger partial charge in [-0.3, -0.25) is 4.79 Å². The first kappa shape index (κ1) is 23.6. The lowest BCUT2D eigenvalue weighted by molar-refractivity contribution is -0.132. The van der Waals surface area contributed by atoms with E-state index in [9.17, 15) is 4.79 Å². The normalized spacial score (nSPS) is 21.6. The lowest BCUT2D eigenvalue weighted by atomic mass is 9.74. The fourth-order valence-electron chi connectivity index (χ4n) is 4.43. The van der Waals surface area contributed by atoms with Crippen LogP contribution < -0.4 is 11.1 Å². The van der Waals surface area contributed by atoms with Gasteiger partial charge >= 0.3 is 0 Å². The Labute approximate surface area is 177 Å². The first-order valence-electron chi connectivity index (χ1n) is 11.3. The SMILES string of the molecule is CCC(CC)(C/C(=C/C(C)COC)c1ccccc1)C(=O)NC1CCC(N)CC1. The Bertz CT molecular complexity index is 644. The van der Waals surface area contributed by atoms with Crippen molar-refractivity contribution < 1.29 is 9.53 Å². The Morgan fingerprint density at radius 3 is 2.38 bits per heavy atom. The summed E-state index contributed by atoms with van der Waals surface area (Å²) in [6, 6.07) is 11.0. The number of benzene rings is 1. The molecular formula is C25H40N2O2. The van der Waals surface area contributed by atoms with Crippen molar-refractivity contribution >= 4 is 11.5 Å². The fourth-order valence-corrected chi connectivity index (χ4v) is 4.43. The Morgan fingerprint density at radius 1 is 1.21 bits per heavy atom. The van der Waals surface area contributed by atoms with Crippen molar-refractivity contribution in [2.45, 2.75) is 77.8 Å². The number of carbonyl (C=O) groups excluding carboxylic acids is 1. The summed E-state index contributed by atoms with van der Waals surface area (Å²) in [7, 11) is 1.73. The molecule has 1 saturated carbocycles. The number of hydrogen-bond acceptors (Lipinski definition) is 3. The molecule has 0 saturated heterocycles. The maximum atomic E-state index is 13.5. The largest absolute Gasteiger partial charge is 0.384 e. The predicted molar refractivity (Wildman–Crippen MR) is 121 cm³/mol. The molecule has 0 spiro atoms. The Balaban J connectivity index is 2.24. The number of ether oxygens (including phenoxy) is 1. The van der Waals surface area contributed by atoms with Crippen LogP contribution in [0, 0.1) is 11.3 Å². The fraction of sp³-hybridized carbons (Fsp3) is 0.640. The molecule has 1 fully saturated rings. The summed E-state index contributed by atoms with van der Waals surface area (Å²) < 4.78 is 5.35. The molecule has 3 N–H and O–H groups in total. The third kappa shape index (κ3) is 6.68. The molecule has 162 valence electrons. The number of hydrogen-bond donors (Lipinski definition) is 2. The molecule has 0 radical (unpaired) electrons. The number of rotatable bonds is 10. The van der Waals surface area contributed by atoms with E-state index in [-0.39, 0.29) is 11.9 Å². The number of nitrogens with two attached hydrogens (primary N) is 1. The maximum Gasteiger partial charge on any atom is 0.226 e. The minimum Gasteiger partial charge on any atom is -0.384 e. The van der Waals surface area contributed by atoms with Crippen molar-refractivity contribution in [3.8, 4) is 0 Å². The van der Waals surface area contributed by atoms with Gasteiger partial charge < -0.3 is 15.8 Å². The van der Waals surface area contributed by atoms with Crippen molar-refractivity contribution in [3.05, 3.63) is 42.0 Å². The number of amides is 1. The highest BCUT2D eigenvalue weighted by atomic mass is 16.5. The minimum absolute atomic E-state index is 0.198. The maximum absolute atomic E-state index is 13.5. The molecular weight excluding hydrogens is 360 g/mol. The summed E-state index contributed by atoms with van der Waals surface area (Å²) in [5, 5.41) is 3.37. The second kappa shape index (κ2) is 11.5. The van der Waals surface area contributed by atoms with Gasteiger partial charge in [-0.25, -0.2) is 0 Å². The van der Waals surface area contributed by atoms with E-state index in [1.54, 1.807) is 7.11 Å². The summed E-state index contributed by atoms with van der Waals surface area (Å²) in [6.45, 7) is 7.12. The highest BCUT2D eigenvalue weighted by molar-refractivity contribution is 5.85. The van der Waals surface area contributed by atoms with Gasteiger partial charge in [0.25, 0.3) is 0 Å². The van der Waals surface area contributed by atoms with Crippen molar-refractivity contribution in [2.24, 2.45) is 17.1 Å². The lowest BCUT2D eigenvalue weighted by Crippen LogP contribution is -2.47. The quantitative estimate of drug-likeness (QED) is 0.585. The van der Waals surface area contributed by atoms with E-state index < -0.39 is 5.41 Å². The molecule has 4 heteroatoms. The van der Waals surface area contributed by atoms with Crippen LogP contribution in [-0.4, -0.2) is 31.7 Å². The van der Waals surface area contributed by atoms with Gasteiger partial charge in [0.05, 0.1) is 12.0 Å². The van der Waals surface area contributed by atoms with Gasteiger partial charge in [-0.2, -0.15) is 0 Å². The molecule has 1 aliphatic rings. The summed E-state index contributed by atoms with van der Waals surface area (Å²) in [5.41, 5.74) is 8.07. The molecule has 0 bridgehead atoms. The van der Waals surface area contributed by atoms with E-state index in [0.29, 0.717) is 18.6 Å². The van der Waals surface area contributed by atoms with Crippen LogP contribution >= 0.6 is 0 Å². The van der Waals surface area contributed by atoms with Gasteiger partial charge in [-0.1, -0.05) is 57.2 Å². The molecule has 1 unspecified atom stereocenters. The molecule has 0 aromatic heterocycles. The zero-order chi connectivity index (χ0) is 21.3. The van der Waals surface area contributed by atoms with Gasteiger partial charge in [0.2, 0.25) is 5.91 Å². The van der Waals surface area contributed by atoms with Crippen molar-refractivity contribution in [2.75, 3.05) is 13.7 Å². The zero-order valence-electron chi connectivity index (χ0n) is 18.7. The van der Waals surface area contributed by atoms with Crippen molar-refractivity contribution in [1.29, 1.82) is 0 Å². The smallest absolute Gasteiger partial charge is 0.226 e. The van der Waals surface area contributed by atoms with E-state index in [1.807, 2.05) is 6.07 Å². The van der Waals surface area contributed by atoms with Crippen LogP contribution in [0.3, 0.4) is 0 Å². The topological polar surface area (TPSA) is 64.3 Å². The summed E-state index contributed by atoms with van der Waals surface area (Å²) >= 11 is 0. The molecule has 0 heterocycles. The van der Waals surface area contributed by atoms with Gasteiger partial charge in [-0.15, -0.1) is 0 Å². The molecule has 0 aliphatic heterocycles. The lowest BCUT2D eigenvalue weighted by Gasteiger charge is -2.35. The average Bonchev–Trinajstić information content (AvgIpc) is 2.73. The van der Waals surface area contributed by atoms with E-state index in [4.69, 9.17) is 10.5 Å². The Kier molecular flexibility index (Phi) is 9.38.